The summed E-state index contributed by atoms with van der Waals surface area (Å²) in [4.78, 5) is 3.07. The number of aromatic nitrogens is 1. The molecule has 0 aliphatic rings. The van der Waals surface area contributed by atoms with Crippen molar-refractivity contribution in [2.75, 3.05) is 6.61 Å². The van der Waals surface area contributed by atoms with Crippen LogP contribution in [-0.2, 0) is 0 Å². The second-order valence-corrected chi connectivity index (χ2v) is 2.88. The molecular formula is C7H5BrF3NO. The van der Waals surface area contributed by atoms with E-state index in [-0.39, 0.29) is 6.61 Å². The van der Waals surface area contributed by atoms with Crippen LogP contribution in [0.3, 0.4) is 0 Å². The number of nitrogens with zero attached hydrogens (tertiary/aromatic N) is 1. The molecule has 0 spiro atoms. The van der Waals surface area contributed by atoms with Crippen LogP contribution in [0.4, 0.5) is 13.2 Å². The van der Waals surface area contributed by atoms with Gasteiger partial charge in [0.25, 0.3) is 5.88 Å². The van der Waals surface area contributed by atoms with E-state index in [9.17, 15) is 13.2 Å². The highest BCUT2D eigenvalue weighted by molar-refractivity contribution is 9.10. The Balaban J connectivity index is 3.24. The molecule has 0 aliphatic carbocycles. The van der Waals surface area contributed by atoms with Crippen LogP contribution in [-0.4, -0.2) is 11.6 Å². The van der Waals surface area contributed by atoms with E-state index in [0.29, 0.717) is 0 Å². The third-order valence-corrected chi connectivity index (χ3v) is 1.91. The summed E-state index contributed by atoms with van der Waals surface area (Å²) in [6.07, 6.45) is 0. The zero-order valence-electron chi connectivity index (χ0n) is 6.57. The Bertz CT molecular complexity index is 332. The highest BCUT2D eigenvalue weighted by Gasteiger charge is 2.19. The second-order valence-electron chi connectivity index (χ2n) is 2.08. The molecule has 0 saturated heterocycles. The smallest absolute Gasteiger partial charge is 0.256 e. The van der Waals surface area contributed by atoms with Gasteiger partial charge in [0.15, 0.2) is 5.82 Å². The molecule has 0 saturated carbocycles. The highest BCUT2D eigenvalue weighted by Crippen LogP contribution is 2.25. The molecule has 2 nitrogen and oxygen atoms in total. The van der Waals surface area contributed by atoms with Crippen molar-refractivity contribution >= 4 is 15.9 Å². The minimum absolute atomic E-state index is 0.0877. The fourth-order valence-electron chi connectivity index (χ4n) is 0.700. The first-order valence-corrected chi connectivity index (χ1v) is 4.20. The molecule has 72 valence electrons. The van der Waals surface area contributed by atoms with Gasteiger partial charge >= 0.3 is 0 Å². The van der Waals surface area contributed by atoms with Gasteiger partial charge in [0, 0.05) is 0 Å². The average Bonchev–Trinajstić information content (AvgIpc) is 2.11. The van der Waals surface area contributed by atoms with Crippen molar-refractivity contribution in [2.45, 2.75) is 6.92 Å². The summed E-state index contributed by atoms with van der Waals surface area (Å²) in [5.74, 6) is -4.44. The second kappa shape index (κ2) is 3.95. The Labute approximate surface area is 80.9 Å². The van der Waals surface area contributed by atoms with E-state index in [4.69, 9.17) is 0 Å². The van der Waals surface area contributed by atoms with Crippen LogP contribution in [0, 0.1) is 17.6 Å². The van der Waals surface area contributed by atoms with Gasteiger partial charge in [0.05, 0.1) is 6.61 Å². The largest absolute Gasteiger partial charge is 0.476 e. The summed E-state index contributed by atoms with van der Waals surface area (Å²) in [6, 6.07) is 0. The van der Waals surface area contributed by atoms with E-state index in [2.05, 4.69) is 25.7 Å². The fraction of sp³-hybridized carbons (Fsp3) is 0.286. The van der Waals surface area contributed by atoms with Gasteiger partial charge in [-0.3, -0.25) is 0 Å². The average molecular weight is 256 g/mol. The maximum atomic E-state index is 12.9. The Morgan fingerprint density at radius 2 is 1.92 bits per heavy atom. The lowest BCUT2D eigenvalue weighted by atomic mass is 10.4. The molecule has 6 heteroatoms. The topological polar surface area (TPSA) is 22.1 Å². The van der Waals surface area contributed by atoms with E-state index < -0.39 is 27.9 Å². The van der Waals surface area contributed by atoms with Gasteiger partial charge in [-0.05, 0) is 22.9 Å². The number of hydrogen-bond donors (Lipinski definition) is 0. The Morgan fingerprint density at radius 3 is 2.46 bits per heavy atom. The number of hydrogen-bond acceptors (Lipinski definition) is 2. The summed E-state index contributed by atoms with van der Waals surface area (Å²) in [5, 5.41) is 0. The van der Waals surface area contributed by atoms with E-state index in [0.717, 1.165) is 0 Å². The van der Waals surface area contributed by atoms with Crippen LogP contribution in [0.15, 0.2) is 4.47 Å². The van der Waals surface area contributed by atoms with E-state index in [1.165, 1.54) is 0 Å². The highest BCUT2D eigenvalue weighted by atomic mass is 79.9. The first-order valence-electron chi connectivity index (χ1n) is 3.40. The van der Waals surface area contributed by atoms with Gasteiger partial charge in [-0.25, -0.2) is 4.39 Å². The standard InChI is InChI=1S/C7H5BrF3NO/c1-2-13-7-5(10)4(9)3(8)6(11)12-7/h2H2,1H3. The van der Waals surface area contributed by atoms with Crippen LogP contribution in [0.5, 0.6) is 5.88 Å². The zero-order valence-corrected chi connectivity index (χ0v) is 8.16. The SMILES string of the molecule is CCOc1nc(F)c(Br)c(F)c1F. The van der Waals surface area contributed by atoms with Crippen molar-refractivity contribution in [3.05, 3.63) is 22.1 Å². The number of pyridine rings is 1. The van der Waals surface area contributed by atoms with Crippen molar-refractivity contribution in [1.82, 2.24) is 4.98 Å². The molecular weight excluding hydrogens is 251 g/mol. The minimum Gasteiger partial charge on any atom is -0.476 e. The minimum atomic E-state index is -1.34. The molecule has 1 aromatic rings. The molecule has 1 rings (SSSR count). The van der Waals surface area contributed by atoms with Crippen LogP contribution >= 0.6 is 15.9 Å². The summed E-state index contributed by atoms with van der Waals surface area (Å²) in [7, 11) is 0. The molecule has 0 aliphatic heterocycles. The molecule has 0 amide bonds. The van der Waals surface area contributed by atoms with Crippen molar-refractivity contribution in [3.8, 4) is 5.88 Å². The van der Waals surface area contributed by atoms with Crippen LogP contribution in [0.2, 0.25) is 0 Å². The Hall–Kier alpha value is -0.780. The van der Waals surface area contributed by atoms with Crippen LogP contribution < -0.4 is 4.74 Å². The van der Waals surface area contributed by atoms with E-state index >= 15 is 0 Å². The van der Waals surface area contributed by atoms with E-state index in [1.54, 1.807) is 6.92 Å². The first-order chi connectivity index (χ1) is 6.07. The van der Waals surface area contributed by atoms with Crippen LogP contribution in [0.25, 0.3) is 0 Å². The predicted molar refractivity (Wildman–Crippen MR) is 43.0 cm³/mol. The molecule has 1 heterocycles. The normalized spacial score (nSPS) is 10.2. The molecule has 0 N–H and O–H groups in total. The summed E-state index contributed by atoms with van der Waals surface area (Å²) >= 11 is 2.51. The number of ether oxygens (including phenoxy) is 1. The van der Waals surface area contributed by atoms with Crippen molar-refractivity contribution in [3.63, 3.8) is 0 Å². The van der Waals surface area contributed by atoms with Gasteiger partial charge in [-0.1, -0.05) is 0 Å². The Morgan fingerprint density at radius 1 is 1.31 bits per heavy atom. The van der Waals surface area contributed by atoms with Crippen molar-refractivity contribution in [1.29, 1.82) is 0 Å². The predicted octanol–water partition coefficient (Wildman–Crippen LogP) is 2.66. The number of rotatable bonds is 2. The van der Waals surface area contributed by atoms with Gasteiger partial charge in [0.1, 0.15) is 4.47 Å². The molecule has 0 aromatic carbocycles. The summed E-state index contributed by atoms with van der Waals surface area (Å²) in [6.45, 7) is 1.64. The molecule has 0 atom stereocenters. The molecule has 0 radical (unpaired) electrons. The maximum absolute atomic E-state index is 12.9. The zero-order chi connectivity index (χ0) is 10.0. The monoisotopic (exact) mass is 255 g/mol. The molecule has 0 bridgehead atoms. The van der Waals surface area contributed by atoms with Crippen molar-refractivity contribution in [2.24, 2.45) is 0 Å². The third kappa shape index (κ3) is 1.93. The lowest BCUT2D eigenvalue weighted by Crippen LogP contribution is -2.03. The molecule has 1 aromatic heterocycles. The van der Waals surface area contributed by atoms with Crippen LogP contribution in [0.1, 0.15) is 6.92 Å². The van der Waals surface area contributed by atoms with Gasteiger partial charge < -0.3 is 4.74 Å². The lowest BCUT2D eigenvalue weighted by molar-refractivity contribution is 0.291. The van der Waals surface area contributed by atoms with Gasteiger partial charge in [0.2, 0.25) is 11.8 Å². The van der Waals surface area contributed by atoms with Gasteiger partial charge in [-0.15, -0.1) is 0 Å². The third-order valence-electron chi connectivity index (χ3n) is 1.24. The quantitative estimate of drug-likeness (QED) is 0.759. The van der Waals surface area contributed by atoms with E-state index in [1.807, 2.05) is 0 Å². The maximum Gasteiger partial charge on any atom is 0.256 e. The Kier molecular flexibility index (Phi) is 3.13. The molecule has 0 unspecified atom stereocenters. The summed E-state index contributed by atoms with van der Waals surface area (Å²) in [5.41, 5.74) is 0. The van der Waals surface area contributed by atoms with Gasteiger partial charge in [-0.2, -0.15) is 13.8 Å². The number of halogens is 4. The summed E-state index contributed by atoms with van der Waals surface area (Å²) < 4.78 is 42.3. The lowest BCUT2D eigenvalue weighted by Gasteiger charge is -2.04. The first kappa shape index (κ1) is 10.3. The molecule has 0 fully saturated rings. The molecule has 13 heavy (non-hydrogen) atoms. The van der Waals surface area contributed by atoms with Crippen molar-refractivity contribution < 1.29 is 17.9 Å². The fourth-order valence-corrected chi connectivity index (χ4v) is 0.963.